The van der Waals surface area contributed by atoms with Crippen LogP contribution in [0, 0.1) is 0 Å². The van der Waals surface area contributed by atoms with E-state index >= 15 is 0 Å². The van der Waals surface area contributed by atoms with Gasteiger partial charge < -0.3 is 10.6 Å². The van der Waals surface area contributed by atoms with Crippen LogP contribution in [0.15, 0.2) is 11.8 Å². The number of nitrogens with two attached hydrogens (primary N) is 1. The lowest BCUT2D eigenvalue weighted by atomic mass is 10.0. The molecular formula is C10H16N2O. The van der Waals surface area contributed by atoms with Gasteiger partial charge in [0.05, 0.1) is 0 Å². The lowest BCUT2D eigenvalue weighted by Gasteiger charge is -2.32. The third-order valence-electron chi connectivity index (χ3n) is 2.85. The summed E-state index contributed by atoms with van der Waals surface area (Å²) in [7, 11) is 0. The summed E-state index contributed by atoms with van der Waals surface area (Å²) in [6, 6.07) is 0.0933. The van der Waals surface area contributed by atoms with Crippen molar-refractivity contribution in [1.82, 2.24) is 4.90 Å². The second-order valence-corrected chi connectivity index (χ2v) is 3.82. The Hall–Kier alpha value is -0.830. The molecule has 0 aromatic rings. The van der Waals surface area contributed by atoms with Gasteiger partial charge in [0.15, 0.2) is 0 Å². The number of nitrogens with zero attached hydrogens (tertiary/aromatic N) is 1. The second-order valence-electron chi connectivity index (χ2n) is 3.82. The minimum Gasteiger partial charge on any atom is -0.323 e. The van der Waals surface area contributed by atoms with Gasteiger partial charge in [-0.05, 0) is 25.7 Å². The normalized spacial score (nSPS) is 29.3. The van der Waals surface area contributed by atoms with Crippen molar-refractivity contribution >= 4 is 5.91 Å². The highest BCUT2D eigenvalue weighted by molar-refractivity contribution is 5.79. The fourth-order valence-electron chi connectivity index (χ4n) is 2.09. The Morgan fingerprint density at radius 2 is 2.31 bits per heavy atom. The van der Waals surface area contributed by atoms with E-state index in [4.69, 9.17) is 5.73 Å². The zero-order valence-corrected chi connectivity index (χ0v) is 7.83. The van der Waals surface area contributed by atoms with Crippen LogP contribution in [0.5, 0.6) is 0 Å². The first-order valence-corrected chi connectivity index (χ1v) is 5.05. The fourth-order valence-corrected chi connectivity index (χ4v) is 2.09. The first-order chi connectivity index (χ1) is 6.29. The molecule has 13 heavy (non-hydrogen) atoms. The summed E-state index contributed by atoms with van der Waals surface area (Å²) in [6.45, 7) is 0.873. The second kappa shape index (κ2) is 3.50. The standard InChI is InChI=1S/C10H16N2O/c11-8-5-6-10(13)12-7-3-1-2-4-9(8)12/h4,8H,1-3,5-7,11H2. The topological polar surface area (TPSA) is 46.3 Å². The molecule has 1 fully saturated rings. The van der Waals surface area contributed by atoms with Crippen molar-refractivity contribution in [2.24, 2.45) is 5.73 Å². The molecule has 1 saturated heterocycles. The Kier molecular flexibility index (Phi) is 2.36. The van der Waals surface area contributed by atoms with Crippen LogP contribution in [0.2, 0.25) is 0 Å². The maximum atomic E-state index is 11.6. The van der Waals surface area contributed by atoms with Crippen LogP contribution in [-0.4, -0.2) is 23.4 Å². The number of fused-ring (bicyclic) bond motifs is 1. The van der Waals surface area contributed by atoms with Gasteiger partial charge in [0.2, 0.25) is 5.91 Å². The van der Waals surface area contributed by atoms with E-state index in [0.29, 0.717) is 6.42 Å². The van der Waals surface area contributed by atoms with E-state index in [1.165, 1.54) is 6.42 Å². The quantitative estimate of drug-likeness (QED) is 0.604. The highest BCUT2D eigenvalue weighted by Gasteiger charge is 2.28. The molecule has 0 radical (unpaired) electrons. The van der Waals surface area contributed by atoms with Crippen LogP contribution >= 0.6 is 0 Å². The van der Waals surface area contributed by atoms with Gasteiger partial charge >= 0.3 is 0 Å². The smallest absolute Gasteiger partial charge is 0.226 e. The Morgan fingerprint density at radius 3 is 3.15 bits per heavy atom. The number of hydrogen-bond donors (Lipinski definition) is 1. The first-order valence-electron chi connectivity index (χ1n) is 5.05. The van der Waals surface area contributed by atoms with Crippen molar-refractivity contribution < 1.29 is 4.79 Å². The molecule has 2 rings (SSSR count). The predicted octanol–water partition coefficient (Wildman–Crippen LogP) is 1.00. The van der Waals surface area contributed by atoms with Crippen molar-refractivity contribution in [3.05, 3.63) is 11.8 Å². The molecule has 2 aliphatic heterocycles. The average molecular weight is 180 g/mol. The molecule has 1 unspecified atom stereocenters. The van der Waals surface area contributed by atoms with Gasteiger partial charge in [-0.3, -0.25) is 4.79 Å². The van der Waals surface area contributed by atoms with E-state index in [1.54, 1.807) is 0 Å². The zero-order valence-electron chi connectivity index (χ0n) is 7.83. The lowest BCUT2D eigenvalue weighted by Crippen LogP contribution is -2.43. The number of amides is 1. The average Bonchev–Trinajstić information content (AvgIpc) is 2.37. The molecule has 2 heterocycles. The summed E-state index contributed by atoms with van der Waals surface area (Å²) in [5.74, 6) is 0.259. The van der Waals surface area contributed by atoms with Crippen LogP contribution in [0.4, 0.5) is 0 Å². The number of hydrogen-bond acceptors (Lipinski definition) is 2. The third-order valence-corrected chi connectivity index (χ3v) is 2.85. The van der Waals surface area contributed by atoms with Gasteiger partial charge in [0.1, 0.15) is 0 Å². The van der Waals surface area contributed by atoms with Gasteiger partial charge in [-0.2, -0.15) is 0 Å². The summed E-state index contributed by atoms with van der Waals surface area (Å²) < 4.78 is 0. The van der Waals surface area contributed by atoms with Crippen LogP contribution in [0.3, 0.4) is 0 Å². The molecular weight excluding hydrogens is 164 g/mol. The Balaban J connectivity index is 2.23. The minimum atomic E-state index is 0.0933. The van der Waals surface area contributed by atoms with Crippen LogP contribution < -0.4 is 5.73 Å². The monoisotopic (exact) mass is 180 g/mol. The number of piperidine rings is 1. The summed E-state index contributed by atoms with van der Waals surface area (Å²) >= 11 is 0. The lowest BCUT2D eigenvalue weighted by molar-refractivity contribution is -0.131. The molecule has 0 spiro atoms. The Bertz CT molecular complexity index is 247. The molecule has 1 amide bonds. The number of allylic oxidation sites excluding steroid dienone is 1. The molecule has 3 nitrogen and oxygen atoms in total. The highest BCUT2D eigenvalue weighted by Crippen LogP contribution is 2.24. The highest BCUT2D eigenvalue weighted by atomic mass is 16.2. The number of carbonyl (C=O) groups excluding carboxylic acids is 1. The first kappa shape index (κ1) is 8.75. The minimum absolute atomic E-state index is 0.0933. The summed E-state index contributed by atoms with van der Waals surface area (Å²) in [5, 5.41) is 0. The van der Waals surface area contributed by atoms with Crippen LogP contribution in [0.25, 0.3) is 0 Å². The van der Waals surface area contributed by atoms with Crippen molar-refractivity contribution in [3.63, 3.8) is 0 Å². The molecule has 2 N–H and O–H groups in total. The number of carbonyl (C=O) groups is 1. The molecule has 0 saturated carbocycles. The molecule has 72 valence electrons. The zero-order chi connectivity index (χ0) is 9.26. The van der Waals surface area contributed by atoms with Crippen molar-refractivity contribution in [2.45, 2.75) is 38.1 Å². The molecule has 0 aromatic carbocycles. The Morgan fingerprint density at radius 1 is 1.46 bits per heavy atom. The van der Waals surface area contributed by atoms with E-state index in [9.17, 15) is 4.79 Å². The Labute approximate surface area is 78.6 Å². The van der Waals surface area contributed by atoms with Gasteiger partial charge in [-0.25, -0.2) is 0 Å². The van der Waals surface area contributed by atoms with Gasteiger partial charge in [0, 0.05) is 24.7 Å². The maximum absolute atomic E-state index is 11.6. The van der Waals surface area contributed by atoms with E-state index in [2.05, 4.69) is 6.08 Å². The van der Waals surface area contributed by atoms with Crippen molar-refractivity contribution in [1.29, 1.82) is 0 Å². The predicted molar refractivity (Wildman–Crippen MR) is 50.9 cm³/mol. The van der Waals surface area contributed by atoms with Crippen LogP contribution in [-0.2, 0) is 4.79 Å². The van der Waals surface area contributed by atoms with Crippen molar-refractivity contribution in [3.8, 4) is 0 Å². The van der Waals surface area contributed by atoms with Gasteiger partial charge in [0.25, 0.3) is 0 Å². The van der Waals surface area contributed by atoms with Gasteiger partial charge in [-0.15, -0.1) is 0 Å². The molecule has 2 aliphatic rings. The van der Waals surface area contributed by atoms with E-state index < -0.39 is 0 Å². The summed E-state index contributed by atoms with van der Waals surface area (Å²) in [5.41, 5.74) is 7.04. The van der Waals surface area contributed by atoms with Crippen molar-refractivity contribution in [2.75, 3.05) is 6.54 Å². The fraction of sp³-hybridized carbons (Fsp3) is 0.700. The summed E-state index contributed by atoms with van der Waals surface area (Å²) in [4.78, 5) is 13.4. The SMILES string of the molecule is NC1CCC(=O)N2CCCCC=C12. The van der Waals surface area contributed by atoms with Crippen LogP contribution in [0.1, 0.15) is 32.1 Å². The maximum Gasteiger partial charge on any atom is 0.226 e. The summed E-state index contributed by atoms with van der Waals surface area (Å²) in [6.07, 6.45) is 6.96. The molecule has 0 bridgehead atoms. The van der Waals surface area contributed by atoms with E-state index in [-0.39, 0.29) is 11.9 Å². The molecule has 0 aliphatic carbocycles. The number of rotatable bonds is 0. The van der Waals surface area contributed by atoms with E-state index in [1.807, 2.05) is 4.90 Å². The third kappa shape index (κ3) is 1.61. The molecule has 1 atom stereocenters. The largest absolute Gasteiger partial charge is 0.323 e. The van der Waals surface area contributed by atoms with Gasteiger partial charge in [-0.1, -0.05) is 6.08 Å². The van der Waals surface area contributed by atoms with E-state index in [0.717, 1.165) is 31.5 Å². The molecule has 0 aromatic heterocycles. The molecule has 3 heteroatoms.